The van der Waals surface area contributed by atoms with Gasteiger partial charge in [0.2, 0.25) is 0 Å². The molecule has 0 fully saturated rings. The highest BCUT2D eigenvalue weighted by Crippen LogP contribution is 2.26. The lowest BCUT2D eigenvalue weighted by Gasteiger charge is -2.06. The molecule has 0 N–H and O–H groups in total. The molecule has 3 nitrogen and oxygen atoms in total. The number of nitrogens with zero attached hydrogens (tertiary/aromatic N) is 2. The standard InChI is InChI=1S/C14H19ClN2O/c1-3-10-18-12-7-5-6-11-14(12)16-13(8-9-15)17(11)4-2/h5-7H,3-4,8-10H2,1-2H3. The van der Waals surface area contributed by atoms with Gasteiger partial charge in [0.25, 0.3) is 0 Å². The molecular weight excluding hydrogens is 248 g/mol. The first-order valence-corrected chi connectivity index (χ1v) is 7.02. The zero-order valence-corrected chi connectivity index (χ0v) is 11.7. The molecule has 1 aromatic heterocycles. The van der Waals surface area contributed by atoms with Crippen molar-refractivity contribution < 1.29 is 4.74 Å². The summed E-state index contributed by atoms with van der Waals surface area (Å²) in [4.78, 5) is 4.68. The Kier molecular flexibility index (Phi) is 4.48. The number of hydrogen-bond acceptors (Lipinski definition) is 2. The molecule has 0 aliphatic rings. The van der Waals surface area contributed by atoms with E-state index in [-0.39, 0.29) is 0 Å². The van der Waals surface area contributed by atoms with Crippen LogP contribution in [-0.4, -0.2) is 22.0 Å². The molecule has 0 bridgehead atoms. The second-order valence-corrected chi connectivity index (χ2v) is 4.56. The molecule has 98 valence electrons. The van der Waals surface area contributed by atoms with Crippen molar-refractivity contribution >= 4 is 22.6 Å². The molecule has 18 heavy (non-hydrogen) atoms. The Labute approximate surface area is 113 Å². The molecule has 1 aromatic carbocycles. The quantitative estimate of drug-likeness (QED) is 0.747. The zero-order valence-electron chi connectivity index (χ0n) is 10.9. The maximum absolute atomic E-state index is 5.83. The van der Waals surface area contributed by atoms with Crippen LogP contribution in [0.3, 0.4) is 0 Å². The van der Waals surface area contributed by atoms with Crippen LogP contribution in [0.5, 0.6) is 5.75 Å². The van der Waals surface area contributed by atoms with Gasteiger partial charge in [0, 0.05) is 18.8 Å². The highest BCUT2D eigenvalue weighted by atomic mass is 35.5. The van der Waals surface area contributed by atoms with Crippen molar-refractivity contribution in [3.05, 3.63) is 24.0 Å². The molecule has 2 aromatic rings. The average Bonchev–Trinajstić information content (AvgIpc) is 2.74. The van der Waals surface area contributed by atoms with Crippen molar-refractivity contribution in [1.29, 1.82) is 0 Å². The number of alkyl halides is 1. The van der Waals surface area contributed by atoms with Gasteiger partial charge in [-0.2, -0.15) is 0 Å². The number of benzene rings is 1. The predicted octanol–water partition coefficient (Wildman–Crippen LogP) is 3.63. The molecule has 0 saturated carbocycles. The van der Waals surface area contributed by atoms with Gasteiger partial charge >= 0.3 is 0 Å². The van der Waals surface area contributed by atoms with Crippen LogP contribution in [-0.2, 0) is 13.0 Å². The molecule has 0 spiro atoms. The number of halogens is 1. The van der Waals surface area contributed by atoms with E-state index in [2.05, 4.69) is 29.5 Å². The highest BCUT2D eigenvalue weighted by molar-refractivity contribution is 6.17. The average molecular weight is 267 g/mol. The molecule has 0 atom stereocenters. The molecule has 0 aliphatic heterocycles. The SMILES string of the molecule is CCCOc1cccc2c1nc(CCCl)n2CC. The third-order valence-electron chi connectivity index (χ3n) is 2.92. The summed E-state index contributed by atoms with van der Waals surface area (Å²) in [7, 11) is 0. The van der Waals surface area contributed by atoms with Gasteiger partial charge in [-0.05, 0) is 25.5 Å². The third-order valence-corrected chi connectivity index (χ3v) is 3.11. The summed E-state index contributed by atoms with van der Waals surface area (Å²) in [5.41, 5.74) is 2.08. The molecular formula is C14H19ClN2O. The highest BCUT2D eigenvalue weighted by Gasteiger charge is 2.12. The van der Waals surface area contributed by atoms with Crippen LogP contribution < -0.4 is 4.74 Å². The Morgan fingerprint density at radius 2 is 2.17 bits per heavy atom. The number of aryl methyl sites for hydroxylation is 2. The monoisotopic (exact) mass is 266 g/mol. The van der Waals surface area contributed by atoms with Crippen molar-refractivity contribution in [3.8, 4) is 5.75 Å². The summed E-state index contributed by atoms with van der Waals surface area (Å²) in [6.07, 6.45) is 1.79. The van der Waals surface area contributed by atoms with Crippen LogP contribution in [0, 0.1) is 0 Å². The van der Waals surface area contributed by atoms with E-state index in [1.54, 1.807) is 0 Å². The normalized spacial score (nSPS) is 11.1. The van der Waals surface area contributed by atoms with E-state index in [1.807, 2.05) is 12.1 Å². The molecule has 0 amide bonds. The van der Waals surface area contributed by atoms with E-state index in [4.69, 9.17) is 16.3 Å². The first kappa shape index (κ1) is 13.2. The molecule has 2 rings (SSSR count). The van der Waals surface area contributed by atoms with E-state index >= 15 is 0 Å². The van der Waals surface area contributed by atoms with Gasteiger partial charge in [-0.1, -0.05) is 13.0 Å². The van der Waals surface area contributed by atoms with E-state index in [9.17, 15) is 0 Å². The molecule has 0 saturated heterocycles. The van der Waals surface area contributed by atoms with Gasteiger partial charge < -0.3 is 9.30 Å². The van der Waals surface area contributed by atoms with Crippen LogP contribution in [0.2, 0.25) is 0 Å². The number of aromatic nitrogens is 2. The van der Waals surface area contributed by atoms with Gasteiger partial charge in [-0.25, -0.2) is 4.98 Å². The Bertz CT molecular complexity index is 522. The summed E-state index contributed by atoms with van der Waals surface area (Å²) >= 11 is 5.83. The fraction of sp³-hybridized carbons (Fsp3) is 0.500. The Hall–Kier alpha value is -1.22. The number of para-hydroxylation sites is 1. The molecule has 1 heterocycles. The van der Waals surface area contributed by atoms with Gasteiger partial charge in [-0.15, -0.1) is 11.6 Å². The van der Waals surface area contributed by atoms with Crippen molar-refractivity contribution in [3.63, 3.8) is 0 Å². The van der Waals surface area contributed by atoms with E-state index in [0.29, 0.717) is 5.88 Å². The predicted molar refractivity (Wildman–Crippen MR) is 75.6 cm³/mol. The van der Waals surface area contributed by atoms with Crippen LogP contribution in [0.1, 0.15) is 26.1 Å². The van der Waals surface area contributed by atoms with Gasteiger partial charge in [0.1, 0.15) is 17.1 Å². The van der Waals surface area contributed by atoms with E-state index in [0.717, 1.165) is 48.6 Å². The maximum atomic E-state index is 5.83. The summed E-state index contributed by atoms with van der Waals surface area (Å²) in [6, 6.07) is 6.09. The molecule has 0 unspecified atom stereocenters. The van der Waals surface area contributed by atoms with Crippen molar-refractivity contribution in [1.82, 2.24) is 9.55 Å². The lowest BCUT2D eigenvalue weighted by Crippen LogP contribution is -2.02. The smallest absolute Gasteiger partial charge is 0.147 e. The van der Waals surface area contributed by atoms with Crippen LogP contribution in [0.15, 0.2) is 18.2 Å². The minimum Gasteiger partial charge on any atom is -0.491 e. The summed E-state index contributed by atoms with van der Waals surface area (Å²) in [6.45, 7) is 5.85. The fourth-order valence-electron chi connectivity index (χ4n) is 2.13. The topological polar surface area (TPSA) is 27.1 Å². The summed E-state index contributed by atoms with van der Waals surface area (Å²) in [5, 5.41) is 0. The van der Waals surface area contributed by atoms with Crippen LogP contribution in [0.25, 0.3) is 11.0 Å². The van der Waals surface area contributed by atoms with Crippen molar-refractivity contribution in [2.45, 2.75) is 33.2 Å². The Morgan fingerprint density at radius 1 is 1.33 bits per heavy atom. The minimum atomic E-state index is 0.592. The van der Waals surface area contributed by atoms with Gasteiger partial charge in [0.05, 0.1) is 12.1 Å². The van der Waals surface area contributed by atoms with E-state index < -0.39 is 0 Å². The number of hydrogen-bond donors (Lipinski definition) is 0. The minimum absolute atomic E-state index is 0.592. The zero-order chi connectivity index (χ0) is 13.0. The molecule has 0 radical (unpaired) electrons. The maximum Gasteiger partial charge on any atom is 0.147 e. The lowest BCUT2D eigenvalue weighted by atomic mass is 10.3. The largest absolute Gasteiger partial charge is 0.491 e. The number of fused-ring (bicyclic) bond motifs is 1. The van der Waals surface area contributed by atoms with Gasteiger partial charge in [0.15, 0.2) is 0 Å². The van der Waals surface area contributed by atoms with Crippen molar-refractivity contribution in [2.24, 2.45) is 0 Å². The Balaban J connectivity index is 2.48. The molecule has 0 aliphatic carbocycles. The third kappa shape index (κ3) is 2.46. The number of ether oxygens (including phenoxy) is 1. The summed E-state index contributed by atoms with van der Waals surface area (Å²) in [5.74, 6) is 2.50. The number of rotatable bonds is 6. The second-order valence-electron chi connectivity index (χ2n) is 4.18. The molecule has 4 heteroatoms. The first-order chi connectivity index (χ1) is 8.81. The second kappa shape index (κ2) is 6.10. The fourth-order valence-corrected chi connectivity index (χ4v) is 2.30. The van der Waals surface area contributed by atoms with E-state index in [1.165, 1.54) is 0 Å². The van der Waals surface area contributed by atoms with Gasteiger partial charge in [-0.3, -0.25) is 0 Å². The Morgan fingerprint density at radius 3 is 2.83 bits per heavy atom. The van der Waals surface area contributed by atoms with Crippen LogP contribution in [0.4, 0.5) is 0 Å². The van der Waals surface area contributed by atoms with Crippen LogP contribution >= 0.6 is 11.6 Å². The first-order valence-electron chi connectivity index (χ1n) is 6.48. The number of imidazole rings is 1. The van der Waals surface area contributed by atoms with Crippen molar-refractivity contribution in [2.75, 3.05) is 12.5 Å². The summed E-state index contributed by atoms with van der Waals surface area (Å²) < 4.78 is 7.96. The lowest BCUT2D eigenvalue weighted by molar-refractivity contribution is 0.320.